The first-order valence-electron chi connectivity index (χ1n) is 9.51. The third-order valence-electron chi connectivity index (χ3n) is 5.26. The van der Waals surface area contributed by atoms with E-state index in [0.717, 1.165) is 54.2 Å². The van der Waals surface area contributed by atoms with Gasteiger partial charge in [0.25, 0.3) is 0 Å². The molecule has 0 atom stereocenters. The van der Waals surface area contributed by atoms with E-state index in [1.165, 1.54) is 12.8 Å². The van der Waals surface area contributed by atoms with E-state index >= 15 is 0 Å². The van der Waals surface area contributed by atoms with Crippen molar-refractivity contribution in [3.8, 4) is 5.75 Å². The van der Waals surface area contributed by atoms with Crippen molar-refractivity contribution in [3.63, 3.8) is 0 Å². The molecule has 2 fully saturated rings. The number of nitrogen functional groups attached to an aromatic ring is 1. The third-order valence-corrected chi connectivity index (χ3v) is 5.26. The molecule has 0 spiro atoms. The molecule has 0 bridgehead atoms. The molecular formula is C20H22N6O. The summed E-state index contributed by atoms with van der Waals surface area (Å²) in [6.07, 6.45) is 9.70. The molecule has 1 saturated carbocycles. The van der Waals surface area contributed by atoms with Crippen LogP contribution in [0, 0.1) is 0 Å². The number of hydrogen-bond donors (Lipinski definition) is 1. The fourth-order valence-corrected chi connectivity index (χ4v) is 3.69. The van der Waals surface area contributed by atoms with Crippen LogP contribution in [0.25, 0.3) is 11.0 Å². The molecule has 27 heavy (non-hydrogen) atoms. The second-order valence-electron chi connectivity index (χ2n) is 7.26. The van der Waals surface area contributed by atoms with Gasteiger partial charge >= 0.3 is 0 Å². The number of rotatable bonds is 4. The molecule has 0 radical (unpaired) electrons. The quantitative estimate of drug-likeness (QED) is 0.763. The second kappa shape index (κ2) is 6.64. The number of ether oxygens (including phenoxy) is 1. The van der Waals surface area contributed by atoms with E-state index in [-0.39, 0.29) is 6.10 Å². The molecule has 1 aliphatic heterocycles. The summed E-state index contributed by atoms with van der Waals surface area (Å²) in [4.78, 5) is 20.4. The Bertz CT molecular complexity index is 951. The molecule has 7 heteroatoms. The van der Waals surface area contributed by atoms with Gasteiger partial charge in [-0.25, -0.2) is 9.97 Å². The van der Waals surface area contributed by atoms with Crippen molar-refractivity contribution in [3.05, 3.63) is 42.5 Å². The highest BCUT2D eigenvalue weighted by Crippen LogP contribution is 2.41. The Morgan fingerprint density at radius 3 is 2.63 bits per heavy atom. The van der Waals surface area contributed by atoms with Gasteiger partial charge in [0.1, 0.15) is 17.4 Å². The van der Waals surface area contributed by atoms with Gasteiger partial charge in [0.05, 0.1) is 17.4 Å². The SMILES string of the molecule is Nc1nc2ccnc(C3CC3)c2nc1N1CCC(Oc2cccnc2)CC1. The minimum Gasteiger partial charge on any atom is -0.489 e. The molecule has 2 N–H and O–H groups in total. The smallest absolute Gasteiger partial charge is 0.172 e. The summed E-state index contributed by atoms with van der Waals surface area (Å²) in [5.41, 5.74) is 9.05. The molecule has 1 saturated heterocycles. The summed E-state index contributed by atoms with van der Waals surface area (Å²) in [6, 6.07) is 5.72. The van der Waals surface area contributed by atoms with Gasteiger partial charge in [-0.3, -0.25) is 9.97 Å². The summed E-state index contributed by atoms with van der Waals surface area (Å²) in [6.45, 7) is 1.68. The number of fused-ring (bicyclic) bond motifs is 1. The largest absolute Gasteiger partial charge is 0.489 e. The zero-order valence-corrected chi connectivity index (χ0v) is 15.1. The van der Waals surface area contributed by atoms with Crippen LogP contribution in [-0.4, -0.2) is 39.1 Å². The first kappa shape index (κ1) is 16.2. The molecule has 4 heterocycles. The average molecular weight is 362 g/mol. The van der Waals surface area contributed by atoms with Crippen LogP contribution in [0.1, 0.15) is 37.3 Å². The predicted octanol–water partition coefficient (Wildman–Crippen LogP) is 2.93. The first-order chi connectivity index (χ1) is 13.3. The minimum absolute atomic E-state index is 0.184. The van der Waals surface area contributed by atoms with E-state index in [0.29, 0.717) is 11.7 Å². The summed E-state index contributed by atoms with van der Waals surface area (Å²) in [5, 5.41) is 0. The summed E-state index contributed by atoms with van der Waals surface area (Å²) in [5.74, 6) is 2.61. The van der Waals surface area contributed by atoms with Crippen LogP contribution < -0.4 is 15.4 Å². The van der Waals surface area contributed by atoms with Gasteiger partial charge in [0.15, 0.2) is 11.6 Å². The lowest BCUT2D eigenvalue weighted by atomic mass is 10.1. The van der Waals surface area contributed by atoms with Gasteiger partial charge in [0, 0.05) is 44.2 Å². The molecular weight excluding hydrogens is 340 g/mol. The van der Waals surface area contributed by atoms with Crippen molar-refractivity contribution < 1.29 is 4.74 Å². The van der Waals surface area contributed by atoms with E-state index in [4.69, 9.17) is 15.5 Å². The molecule has 3 aromatic rings. The second-order valence-corrected chi connectivity index (χ2v) is 7.26. The number of piperidine rings is 1. The summed E-state index contributed by atoms with van der Waals surface area (Å²) >= 11 is 0. The monoisotopic (exact) mass is 362 g/mol. The molecule has 0 unspecified atom stereocenters. The highest BCUT2D eigenvalue weighted by Gasteiger charge is 2.29. The molecule has 7 nitrogen and oxygen atoms in total. The summed E-state index contributed by atoms with van der Waals surface area (Å²) in [7, 11) is 0. The number of aromatic nitrogens is 4. The lowest BCUT2D eigenvalue weighted by Gasteiger charge is -2.33. The Hall–Kier alpha value is -2.96. The van der Waals surface area contributed by atoms with E-state index in [2.05, 4.69) is 19.9 Å². The maximum atomic E-state index is 6.24. The molecule has 2 aliphatic rings. The molecule has 3 aromatic heterocycles. The average Bonchev–Trinajstić information content (AvgIpc) is 3.54. The van der Waals surface area contributed by atoms with E-state index in [1.807, 2.05) is 24.4 Å². The van der Waals surface area contributed by atoms with Crippen LogP contribution in [0.2, 0.25) is 0 Å². The Balaban J connectivity index is 1.35. The molecule has 0 amide bonds. The van der Waals surface area contributed by atoms with Crippen LogP contribution in [0.4, 0.5) is 11.6 Å². The van der Waals surface area contributed by atoms with Crippen molar-refractivity contribution in [2.45, 2.75) is 37.7 Å². The minimum atomic E-state index is 0.184. The van der Waals surface area contributed by atoms with Crippen LogP contribution in [0.3, 0.4) is 0 Å². The lowest BCUT2D eigenvalue weighted by molar-refractivity contribution is 0.170. The van der Waals surface area contributed by atoms with Crippen LogP contribution in [0.5, 0.6) is 5.75 Å². The molecule has 0 aromatic carbocycles. The summed E-state index contributed by atoms with van der Waals surface area (Å²) < 4.78 is 6.03. The first-order valence-corrected chi connectivity index (χ1v) is 9.51. The number of nitrogens with two attached hydrogens (primary N) is 1. The van der Waals surface area contributed by atoms with Crippen LogP contribution in [0.15, 0.2) is 36.8 Å². The number of anilines is 2. The van der Waals surface area contributed by atoms with Gasteiger partial charge in [0.2, 0.25) is 0 Å². The Kier molecular flexibility index (Phi) is 3.99. The van der Waals surface area contributed by atoms with Gasteiger partial charge in [-0.1, -0.05) is 0 Å². The van der Waals surface area contributed by atoms with Crippen molar-refractivity contribution in [2.24, 2.45) is 0 Å². The van der Waals surface area contributed by atoms with E-state index < -0.39 is 0 Å². The van der Waals surface area contributed by atoms with E-state index in [9.17, 15) is 0 Å². The highest BCUT2D eigenvalue weighted by molar-refractivity contribution is 5.82. The van der Waals surface area contributed by atoms with Crippen molar-refractivity contribution in [1.82, 2.24) is 19.9 Å². The molecule has 5 rings (SSSR count). The predicted molar refractivity (Wildman–Crippen MR) is 104 cm³/mol. The van der Waals surface area contributed by atoms with Gasteiger partial charge in [-0.05, 0) is 31.0 Å². The van der Waals surface area contributed by atoms with Gasteiger partial charge in [-0.15, -0.1) is 0 Å². The normalized spacial score (nSPS) is 18.0. The van der Waals surface area contributed by atoms with Crippen molar-refractivity contribution in [1.29, 1.82) is 0 Å². The van der Waals surface area contributed by atoms with Crippen LogP contribution >= 0.6 is 0 Å². The molecule has 138 valence electrons. The van der Waals surface area contributed by atoms with Crippen molar-refractivity contribution >= 4 is 22.7 Å². The Morgan fingerprint density at radius 2 is 1.89 bits per heavy atom. The van der Waals surface area contributed by atoms with Crippen LogP contribution in [-0.2, 0) is 0 Å². The Morgan fingerprint density at radius 1 is 1.04 bits per heavy atom. The van der Waals surface area contributed by atoms with Gasteiger partial charge in [-0.2, -0.15) is 0 Å². The highest BCUT2D eigenvalue weighted by atomic mass is 16.5. The molecule has 1 aliphatic carbocycles. The Labute approximate surface area is 157 Å². The maximum Gasteiger partial charge on any atom is 0.172 e. The zero-order chi connectivity index (χ0) is 18.2. The maximum absolute atomic E-state index is 6.24. The van der Waals surface area contributed by atoms with Crippen molar-refractivity contribution in [2.75, 3.05) is 23.7 Å². The number of hydrogen-bond acceptors (Lipinski definition) is 7. The standard InChI is InChI=1S/C20H22N6O/c21-19-20(25-18-16(24-19)5-9-23-17(18)13-3-4-13)26-10-6-14(7-11-26)27-15-2-1-8-22-12-15/h1-2,5,8-9,12-14H,3-4,6-7,10-11H2,(H2,21,24). The van der Waals surface area contributed by atoms with E-state index in [1.54, 1.807) is 12.4 Å². The zero-order valence-electron chi connectivity index (χ0n) is 15.1. The number of pyridine rings is 2. The number of nitrogens with zero attached hydrogens (tertiary/aromatic N) is 5. The fraction of sp³-hybridized carbons (Fsp3) is 0.400. The fourth-order valence-electron chi connectivity index (χ4n) is 3.69. The lowest BCUT2D eigenvalue weighted by Crippen LogP contribution is -2.39. The topological polar surface area (TPSA) is 90.0 Å². The third kappa shape index (κ3) is 3.25. The van der Waals surface area contributed by atoms with Gasteiger partial charge < -0.3 is 15.4 Å².